The van der Waals surface area contributed by atoms with Crippen LogP contribution in [0, 0.1) is 0 Å². The molecule has 0 aliphatic rings. The van der Waals surface area contributed by atoms with E-state index in [0.717, 1.165) is 0 Å². The number of carbonyl (C=O) groups is 5. The predicted octanol–water partition coefficient (Wildman–Crippen LogP) is -2.57. The van der Waals surface area contributed by atoms with E-state index >= 15 is 0 Å². The summed E-state index contributed by atoms with van der Waals surface area (Å²) in [5, 5.41) is 16.1. The minimum absolute atomic E-state index is 0.0249. The molecule has 0 aliphatic heterocycles. The molecular weight excluding hydrogens is 410 g/mol. The Labute approximate surface area is 172 Å². The molecule has 0 radical (unpaired) electrons. The fourth-order valence-electron chi connectivity index (χ4n) is 1.93. The number of primary amides is 1. The van der Waals surface area contributed by atoms with E-state index in [1.807, 2.05) is 6.26 Å². The summed E-state index contributed by atoms with van der Waals surface area (Å²) in [6, 6.07) is -3.14. The third kappa shape index (κ3) is 11.0. The molecule has 0 fully saturated rings. The zero-order chi connectivity index (χ0) is 21.7. The topological polar surface area (TPSA) is 194 Å². The van der Waals surface area contributed by atoms with Gasteiger partial charge < -0.3 is 32.5 Å². The normalized spacial score (nSPS) is 13.7. The highest BCUT2D eigenvalue weighted by atomic mass is 32.2. The van der Waals surface area contributed by atoms with E-state index in [1.165, 1.54) is 11.8 Å². The minimum Gasteiger partial charge on any atom is -0.480 e. The molecule has 13 heteroatoms. The number of carboxylic acids is 1. The first-order chi connectivity index (χ1) is 13.1. The van der Waals surface area contributed by atoms with Crippen LogP contribution in [0.25, 0.3) is 0 Å². The Kier molecular flexibility index (Phi) is 13.1. The molecule has 0 heterocycles. The number of thiol groups is 1. The Morgan fingerprint density at radius 3 is 2.21 bits per heavy atom. The second-order valence-corrected chi connectivity index (χ2v) is 7.16. The van der Waals surface area contributed by atoms with Crippen LogP contribution < -0.4 is 27.4 Å². The van der Waals surface area contributed by atoms with Gasteiger partial charge in [-0.25, -0.2) is 4.79 Å². The van der Waals surface area contributed by atoms with E-state index in [4.69, 9.17) is 16.6 Å². The molecule has 0 aromatic carbocycles. The fourth-order valence-corrected chi connectivity index (χ4v) is 2.66. The van der Waals surface area contributed by atoms with Crippen molar-refractivity contribution in [2.45, 2.75) is 37.4 Å². The molecular formula is C15H27N5O6S2. The zero-order valence-corrected chi connectivity index (χ0v) is 17.2. The van der Waals surface area contributed by atoms with E-state index in [0.29, 0.717) is 5.75 Å². The van der Waals surface area contributed by atoms with Gasteiger partial charge in [-0.3, -0.25) is 19.2 Å². The van der Waals surface area contributed by atoms with Crippen LogP contribution in [0.3, 0.4) is 0 Å². The average Bonchev–Trinajstić information content (AvgIpc) is 2.64. The smallest absolute Gasteiger partial charge is 0.326 e. The largest absolute Gasteiger partial charge is 0.480 e. The number of nitrogens with one attached hydrogen (secondary N) is 3. The Bertz CT molecular complexity index is 577. The average molecular weight is 438 g/mol. The standard InChI is InChI=1S/C15H27N5O6S2/c1-28-5-4-9(15(25)26)19-12(22)6-18-14(24)10(7-27)20-13(23)8(16)2-3-11(17)21/h8-10,27H,2-7,16H2,1H3,(H2,17,21)(H,18,24)(H,19,22)(H,20,23)(H,25,26). The highest BCUT2D eigenvalue weighted by molar-refractivity contribution is 7.98. The summed E-state index contributed by atoms with van der Waals surface area (Å²) in [5.74, 6) is -3.31. The van der Waals surface area contributed by atoms with E-state index in [9.17, 15) is 24.0 Å². The van der Waals surface area contributed by atoms with Crippen molar-refractivity contribution in [2.24, 2.45) is 11.5 Å². The Morgan fingerprint density at radius 1 is 1.07 bits per heavy atom. The van der Waals surface area contributed by atoms with E-state index in [2.05, 4.69) is 28.6 Å². The molecule has 0 saturated carbocycles. The summed E-state index contributed by atoms with van der Waals surface area (Å²) >= 11 is 5.42. The molecule has 0 rings (SSSR count). The van der Waals surface area contributed by atoms with Crippen molar-refractivity contribution in [1.82, 2.24) is 16.0 Å². The molecule has 0 aromatic heterocycles. The van der Waals surface area contributed by atoms with Gasteiger partial charge in [0.1, 0.15) is 12.1 Å². The molecule has 8 N–H and O–H groups in total. The maximum absolute atomic E-state index is 12.1. The number of thioether (sulfide) groups is 1. The first kappa shape index (κ1) is 26.0. The van der Waals surface area contributed by atoms with E-state index in [1.54, 1.807) is 0 Å². The number of carboxylic acid groups (broad SMARTS) is 1. The molecule has 0 bridgehead atoms. The van der Waals surface area contributed by atoms with Gasteiger partial charge in [0.2, 0.25) is 23.6 Å². The first-order valence-electron chi connectivity index (χ1n) is 8.36. The molecule has 0 aliphatic carbocycles. The number of hydrogen-bond donors (Lipinski definition) is 7. The van der Waals surface area contributed by atoms with Crippen LogP contribution in [0.4, 0.5) is 0 Å². The molecule has 28 heavy (non-hydrogen) atoms. The van der Waals surface area contributed by atoms with Gasteiger partial charge in [0.25, 0.3) is 0 Å². The van der Waals surface area contributed by atoms with Gasteiger partial charge in [0.05, 0.1) is 12.6 Å². The number of nitrogens with two attached hydrogens (primary N) is 2. The zero-order valence-electron chi connectivity index (χ0n) is 15.5. The van der Waals surface area contributed by atoms with Crippen LogP contribution in [0.5, 0.6) is 0 Å². The number of carbonyl (C=O) groups excluding carboxylic acids is 4. The monoisotopic (exact) mass is 437 g/mol. The first-order valence-corrected chi connectivity index (χ1v) is 10.4. The summed E-state index contributed by atoms with van der Waals surface area (Å²) in [6.07, 6.45) is 2.01. The number of aliphatic carboxylic acids is 1. The van der Waals surface area contributed by atoms with Crippen LogP contribution in [0.1, 0.15) is 19.3 Å². The van der Waals surface area contributed by atoms with Gasteiger partial charge in [-0.1, -0.05) is 0 Å². The van der Waals surface area contributed by atoms with Crippen molar-refractivity contribution in [2.75, 3.05) is 24.3 Å². The number of amides is 4. The van der Waals surface area contributed by atoms with Crippen molar-refractivity contribution in [3.8, 4) is 0 Å². The van der Waals surface area contributed by atoms with Crippen LogP contribution in [0.15, 0.2) is 0 Å². The van der Waals surface area contributed by atoms with Crippen LogP contribution in [-0.2, 0) is 24.0 Å². The number of rotatable bonds is 14. The Morgan fingerprint density at radius 2 is 1.71 bits per heavy atom. The lowest BCUT2D eigenvalue weighted by Gasteiger charge is -2.19. The van der Waals surface area contributed by atoms with Gasteiger partial charge in [-0.2, -0.15) is 24.4 Å². The van der Waals surface area contributed by atoms with E-state index in [-0.39, 0.29) is 25.0 Å². The second kappa shape index (κ2) is 14.1. The van der Waals surface area contributed by atoms with Crippen molar-refractivity contribution in [3.63, 3.8) is 0 Å². The van der Waals surface area contributed by atoms with Crippen molar-refractivity contribution in [1.29, 1.82) is 0 Å². The lowest BCUT2D eigenvalue weighted by atomic mass is 10.1. The number of hydrogen-bond acceptors (Lipinski definition) is 8. The summed E-state index contributed by atoms with van der Waals surface area (Å²) < 4.78 is 0. The minimum atomic E-state index is -1.17. The lowest BCUT2D eigenvalue weighted by Crippen LogP contribution is -2.54. The lowest BCUT2D eigenvalue weighted by molar-refractivity contribution is -0.141. The van der Waals surface area contributed by atoms with E-state index < -0.39 is 54.3 Å². The molecule has 160 valence electrons. The molecule has 4 amide bonds. The second-order valence-electron chi connectivity index (χ2n) is 5.81. The fraction of sp³-hybridized carbons (Fsp3) is 0.667. The molecule has 11 nitrogen and oxygen atoms in total. The summed E-state index contributed by atoms with van der Waals surface area (Å²) in [7, 11) is 0. The van der Waals surface area contributed by atoms with Gasteiger partial charge in [0, 0.05) is 12.2 Å². The predicted molar refractivity (Wildman–Crippen MR) is 108 cm³/mol. The summed E-state index contributed by atoms with van der Waals surface area (Å²) in [5.41, 5.74) is 10.6. The quantitative estimate of drug-likeness (QED) is 0.144. The molecule has 0 aromatic rings. The summed E-state index contributed by atoms with van der Waals surface area (Å²) in [6.45, 7) is -0.463. The van der Waals surface area contributed by atoms with Crippen LogP contribution in [-0.4, -0.2) is 77.1 Å². The van der Waals surface area contributed by atoms with Gasteiger partial charge in [-0.05, 0) is 24.9 Å². The highest BCUT2D eigenvalue weighted by Crippen LogP contribution is 2.01. The molecule has 3 unspecified atom stereocenters. The molecule has 0 spiro atoms. The highest BCUT2D eigenvalue weighted by Gasteiger charge is 2.24. The van der Waals surface area contributed by atoms with Crippen molar-refractivity contribution in [3.05, 3.63) is 0 Å². The Balaban J connectivity index is 4.52. The third-order valence-corrected chi connectivity index (χ3v) is 4.53. The summed E-state index contributed by atoms with van der Waals surface area (Å²) in [4.78, 5) is 57.7. The van der Waals surface area contributed by atoms with Gasteiger partial charge in [0.15, 0.2) is 0 Å². The molecule has 0 saturated heterocycles. The van der Waals surface area contributed by atoms with Crippen LogP contribution in [0.2, 0.25) is 0 Å². The van der Waals surface area contributed by atoms with Crippen molar-refractivity contribution >= 4 is 54.0 Å². The SMILES string of the molecule is CSCCC(NC(=O)CNC(=O)C(CS)NC(=O)C(N)CCC(N)=O)C(=O)O. The molecule has 3 atom stereocenters. The van der Waals surface area contributed by atoms with Gasteiger partial charge >= 0.3 is 5.97 Å². The third-order valence-electron chi connectivity index (χ3n) is 3.52. The van der Waals surface area contributed by atoms with Gasteiger partial charge in [-0.15, -0.1) is 0 Å². The maximum atomic E-state index is 12.1. The van der Waals surface area contributed by atoms with Crippen LogP contribution >= 0.6 is 24.4 Å². The Hall–Kier alpha value is -1.99. The van der Waals surface area contributed by atoms with Crippen molar-refractivity contribution < 1.29 is 29.1 Å². The maximum Gasteiger partial charge on any atom is 0.326 e.